The minimum absolute atomic E-state index is 0. The predicted molar refractivity (Wildman–Crippen MR) is 167 cm³/mol. The second-order valence-corrected chi connectivity index (χ2v) is 12.8. The minimum atomic E-state index is -3.32. The van der Waals surface area contributed by atoms with Crippen LogP contribution < -0.4 is 19.7 Å². The van der Waals surface area contributed by atoms with E-state index in [1.165, 1.54) is 24.1 Å². The molecule has 1 aliphatic carbocycles. The summed E-state index contributed by atoms with van der Waals surface area (Å²) in [6, 6.07) is 20.9. The van der Waals surface area contributed by atoms with Crippen LogP contribution in [0.4, 0.5) is 20.6 Å². The third kappa shape index (κ3) is 9.08. The number of carbonyl (C=O) groups is 1. The molecule has 3 aromatic rings. The number of amides is 2. The third-order valence-electron chi connectivity index (χ3n) is 7.69. The number of rotatable bonds is 10. The topological polar surface area (TPSA) is 91.0 Å². The molecule has 2 fully saturated rings. The van der Waals surface area contributed by atoms with Crippen molar-refractivity contribution in [1.82, 2.24) is 10.2 Å². The van der Waals surface area contributed by atoms with Gasteiger partial charge in [-0.25, -0.2) is 17.6 Å². The number of likely N-dealkylation sites (tertiary alicyclic amines) is 1. The summed E-state index contributed by atoms with van der Waals surface area (Å²) in [7, 11) is -3.32. The van der Waals surface area contributed by atoms with Gasteiger partial charge in [0.25, 0.3) is 0 Å². The van der Waals surface area contributed by atoms with E-state index in [1.807, 2.05) is 24.3 Å². The summed E-state index contributed by atoms with van der Waals surface area (Å²) >= 11 is 0. The van der Waals surface area contributed by atoms with Crippen LogP contribution in [-0.2, 0) is 16.6 Å². The summed E-state index contributed by atoms with van der Waals surface area (Å²) in [5, 5.41) is 3.23. The molecule has 0 radical (unpaired) electrons. The Morgan fingerprint density at radius 1 is 0.929 bits per heavy atom. The summed E-state index contributed by atoms with van der Waals surface area (Å²) in [4.78, 5) is 17.4. The van der Waals surface area contributed by atoms with E-state index in [4.69, 9.17) is 4.74 Å². The highest BCUT2D eigenvalue weighted by Crippen LogP contribution is 2.29. The monoisotopic (exact) mass is 616 g/mol. The number of nitrogens with one attached hydrogen (secondary N) is 2. The van der Waals surface area contributed by atoms with Crippen LogP contribution in [-0.4, -0.2) is 51.3 Å². The molecule has 0 atom stereocenters. The van der Waals surface area contributed by atoms with Crippen LogP contribution in [0.1, 0.15) is 37.7 Å². The average molecular weight is 617 g/mol. The van der Waals surface area contributed by atoms with Crippen molar-refractivity contribution in [3.05, 3.63) is 84.2 Å². The Bertz CT molecular complexity index is 1410. The van der Waals surface area contributed by atoms with Gasteiger partial charge in [-0.2, -0.15) is 0 Å². The van der Waals surface area contributed by atoms with Crippen LogP contribution in [0.25, 0.3) is 0 Å². The summed E-state index contributed by atoms with van der Waals surface area (Å²) < 4.78 is 44.5. The van der Waals surface area contributed by atoms with E-state index in [0.717, 1.165) is 57.3 Å². The number of sulfonamides is 1. The first-order valence-electron chi connectivity index (χ1n) is 14.1. The first-order valence-corrected chi connectivity index (χ1v) is 16.0. The molecule has 0 bridgehead atoms. The molecular weight excluding hydrogens is 579 g/mol. The summed E-state index contributed by atoms with van der Waals surface area (Å²) in [6.45, 7) is 3.25. The zero-order valence-corrected chi connectivity index (χ0v) is 25.3. The first-order chi connectivity index (χ1) is 19.7. The largest absolute Gasteiger partial charge is 0.457 e. The molecule has 3 aromatic carbocycles. The Kier molecular flexibility index (Phi) is 10.7. The molecule has 0 unspecified atom stereocenters. The van der Waals surface area contributed by atoms with E-state index in [9.17, 15) is 17.6 Å². The van der Waals surface area contributed by atoms with E-state index < -0.39 is 10.0 Å². The average Bonchev–Trinajstić information content (AvgIpc) is 2.91. The van der Waals surface area contributed by atoms with E-state index in [-0.39, 0.29) is 30.3 Å². The molecular formula is C31H38ClFN4O4S. The maximum absolute atomic E-state index is 13.5. The molecule has 1 saturated heterocycles. The van der Waals surface area contributed by atoms with Crippen molar-refractivity contribution in [3.63, 3.8) is 0 Å². The maximum atomic E-state index is 13.5. The molecule has 0 aromatic heterocycles. The Balaban J connectivity index is 0.00000405. The summed E-state index contributed by atoms with van der Waals surface area (Å²) in [6.07, 6.45) is 6.33. The number of halogens is 2. The number of anilines is 2. The van der Waals surface area contributed by atoms with E-state index in [1.54, 1.807) is 41.3 Å². The van der Waals surface area contributed by atoms with Crippen LogP contribution in [0.2, 0.25) is 0 Å². The zero-order valence-electron chi connectivity index (χ0n) is 23.7. The number of hydrogen-bond donors (Lipinski definition) is 2. The molecule has 11 heteroatoms. The van der Waals surface area contributed by atoms with Crippen LogP contribution in [0.5, 0.6) is 11.5 Å². The lowest BCUT2D eigenvalue weighted by Gasteiger charge is -2.36. The summed E-state index contributed by atoms with van der Waals surface area (Å²) in [5.41, 5.74) is 2.40. The number of urea groups is 1. The molecule has 8 nitrogen and oxygen atoms in total. The highest BCUT2D eigenvalue weighted by atomic mass is 35.5. The molecule has 226 valence electrons. The fourth-order valence-electron chi connectivity index (χ4n) is 5.21. The van der Waals surface area contributed by atoms with Gasteiger partial charge in [-0.15, -0.1) is 12.4 Å². The fraction of sp³-hybridized carbons (Fsp3) is 0.387. The van der Waals surface area contributed by atoms with Gasteiger partial charge in [-0.05, 0) is 97.8 Å². The lowest BCUT2D eigenvalue weighted by Crippen LogP contribution is -2.50. The van der Waals surface area contributed by atoms with E-state index in [2.05, 4.69) is 14.9 Å². The molecule has 2 amide bonds. The number of piperidine rings is 1. The van der Waals surface area contributed by atoms with E-state index >= 15 is 0 Å². The Morgan fingerprint density at radius 3 is 2.07 bits per heavy atom. The van der Waals surface area contributed by atoms with Crippen LogP contribution in [0, 0.1) is 11.7 Å². The minimum Gasteiger partial charge on any atom is -0.457 e. The standard InChI is InChI=1S/C31H37FN4O4S.ClH/c1-41(38,39)34-27-9-15-30(16-10-27)40-29-13-5-24(6-14-29)21-35-19-17-26(18-20-35)33-31(37)36(22-23-3-2-4-23)28-11-7-25(32)8-12-28;/h5-16,23,26,34H,2-4,17-22H2,1H3,(H,33,37);1H. The maximum Gasteiger partial charge on any atom is 0.322 e. The Hall–Kier alpha value is -3.34. The Labute approximate surface area is 253 Å². The molecule has 2 aliphatic rings. The number of hydrogen-bond acceptors (Lipinski definition) is 5. The third-order valence-corrected chi connectivity index (χ3v) is 8.29. The van der Waals surface area contributed by atoms with E-state index in [0.29, 0.717) is 29.6 Å². The number of carbonyl (C=O) groups excluding carboxylic acids is 1. The van der Waals surface area contributed by atoms with Gasteiger partial charge in [0.15, 0.2) is 0 Å². The van der Waals surface area contributed by atoms with Crippen LogP contribution in [0.15, 0.2) is 72.8 Å². The smallest absolute Gasteiger partial charge is 0.322 e. The van der Waals surface area contributed by atoms with Crippen LogP contribution in [0.3, 0.4) is 0 Å². The molecule has 1 heterocycles. The lowest BCUT2D eigenvalue weighted by molar-refractivity contribution is 0.187. The second-order valence-electron chi connectivity index (χ2n) is 11.0. The fourth-order valence-corrected chi connectivity index (χ4v) is 5.77. The number of benzene rings is 3. The molecule has 2 N–H and O–H groups in total. The molecule has 1 saturated carbocycles. The molecule has 0 spiro atoms. The van der Waals surface area contributed by atoms with Gasteiger partial charge in [-0.1, -0.05) is 18.6 Å². The van der Waals surface area contributed by atoms with Crippen molar-refractivity contribution >= 4 is 39.8 Å². The normalized spacial score (nSPS) is 16.1. The van der Waals surface area contributed by atoms with Gasteiger partial charge in [-0.3, -0.25) is 14.5 Å². The Morgan fingerprint density at radius 2 is 1.52 bits per heavy atom. The van der Waals surface area contributed by atoms with Crippen molar-refractivity contribution in [3.8, 4) is 11.5 Å². The highest BCUT2D eigenvalue weighted by molar-refractivity contribution is 7.92. The number of nitrogens with zero attached hydrogens (tertiary/aromatic N) is 2. The predicted octanol–water partition coefficient (Wildman–Crippen LogP) is 6.39. The van der Waals surface area contributed by atoms with Crippen molar-refractivity contribution in [2.24, 2.45) is 5.92 Å². The number of ether oxygens (including phenoxy) is 1. The van der Waals surface area contributed by atoms with Crippen molar-refractivity contribution in [2.45, 2.75) is 44.7 Å². The van der Waals surface area contributed by atoms with Gasteiger partial charge < -0.3 is 10.1 Å². The summed E-state index contributed by atoms with van der Waals surface area (Å²) in [5.74, 6) is 1.52. The highest BCUT2D eigenvalue weighted by Gasteiger charge is 2.27. The zero-order chi connectivity index (χ0) is 28.8. The quantitative estimate of drug-likeness (QED) is 0.275. The van der Waals surface area contributed by atoms with Crippen LogP contribution >= 0.6 is 12.4 Å². The first kappa shape index (κ1) is 31.6. The van der Waals surface area contributed by atoms with Crippen molar-refractivity contribution in [2.75, 3.05) is 35.5 Å². The molecule has 42 heavy (non-hydrogen) atoms. The molecule has 1 aliphatic heterocycles. The lowest BCUT2D eigenvalue weighted by atomic mass is 9.85. The van der Waals surface area contributed by atoms with Crippen molar-refractivity contribution < 1.29 is 22.3 Å². The SMILES string of the molecule is CS(=O)(=O)Nc1ccc(Oc2ccc(CN3CCC(NC(=O)N(CC4CCC4)c4ccc(F)cc4)CC3)cc2)cc1.Cl. The van der Waals surface area contributed by atoms with Gasteiger partial charge in [0.05, 0.1) is 6.26 Å². The second kappa shape index (κ2) is 14.2. The van der Waals surface area contributed by atoms with Gasteiger partial charge in [0.1, 0.15) is 17.3 Å². The molecule has 5 rings (SSSR count). The van der Waals surface area contributed by atoms with Gasteiger partial charge >= 0.3 is 6.03 Å². The van der Waals surface area contributed by atoms with Crippen molar-refractivity contribution in [1.29, 1.82) is 0 Å². The van der Waals surface area contributed by atoms with Gasteiger partial charge in [0, 0.05) is 43.6 Å². The van der Waals surface area contributed by atoms with Gasteiger partial charge in [0.2, 0.25) is 10.0 Å².